The molecule has 0 aliphatic carbocycles. The number of carbonyl (C=O) groups excluding carboxylic acids is 1. The van der Waals surface area contributed by atoms with Gasteiger partial charge in [0.15, 0.2) is 0 Å². The molecule has 0 aromatic heterocycles. The van der Waals surface area contributed by atoms with Crippen molar-refractivity contribution in [2.75, 3.05) is 12.4 Å². The molecule has 1 amide bonds. The molecule has 0 saturated carbocycles. The number of carbonyl (C=O) groups is 1. The standard InChI is InChI=1S/C10H12ClF6NO/c1-5-2-3-18(6(5)4-11)8(19)7(9(12,13)14)10(15,16)17/h5-7H,2-4H2,1H3. The lowest BCUT2D eigenvalue weighted by Crippen LogP contribution is -2.51. The molecule has 1 aliphatic rings. The van der Waals surface area contributed by atoms with E-state index in [1.807, 2.05) is 0 Å². The van der Waals surface area contributed by atoms with Gasteiger partial charge < -0.3 is 4.90 Å². The van der Waals surface area contributed by atoms with Crippen molar-refractivity contribution in [1.29, 1.82) is 0 Å². The minimum Gasteiger partial charge on any atom is -0.337 e. The highest BCUT2D eigenvalue weighted by Gasteiger charge is 2.62. The van der Waals surface area contributed by atoms with E-state index in [0.29, 0.717) is 11.3 Å². The van der Waals surface area contributed by atoms with E-state index in [9.17, 15) is 31.1 Å². The van der Waals surface area contributed by atoms with E-state index in [0.717, 1.165) is 0 Å². The summed E-state index contributed by atoms with van der Waals surface area (Å²) in [4.78, 5) is 12.2. The quantitative estimate of drug-likeness (QED) is 0.566. The lowest BCUT2D eigenvalue weighted by Gasteiger charge is -2.31. The van der Waals surface area contributed by atoms with Crippen molar-refractivity contribution < 1.29 is 31.1 Å². The van der Waals surface area contributed by atoms with Gasteiger partial charge in [-0.3, -0.25) is 4.79 Å². The summed E-state index contributed by atoms with van der Waals surface area (Å²) in [6.07, 6.45) is -11.0. The molecule has 112 valence electrons. The van der Waals surface area contributed by atoms with E-state index >= 15 is 0 Å². The summed E-state index contributed by atoms with van der Waals surface area (Å²) in [6, 6.07) is -0.790. The van der Waals surface area contributed by atoms with Crippen LogP contribution in [0.25, 0.3) is 0 Å². The molecule has 1 saturated heterocycles. The number of nitrogens with zero attached hydrogens (tertiary/aromatic N) is 1. The van der Waals surface area contributed by atoms with Crippen molar-refractivity contribution >= 4 is 17.5 Å². The second-order valence-electron chi connectivity index (χ2n) is 4.54. The fourth-order valence-electron chi connectivity index (χ4n) is 2.15. The first-order valence-electron chi connectivity index (χ1n) is 5.50. The number of rotatable bonds is 2. The molecule has 1 aliphatic heterocycles. The molecule has 0 bridgehead atoms. The van der Waals surface area contributed by atoms with E-state index in [4.69, 9.17) is 11.6 Å². The minimum absolute atomic E-state index is 0.139. The van der Waals surface area contributed by atoms with Crippen LogP contribution >= 0.6 is 11.6 Å². The summed E-state index contributed by atoms with van der Waals surface area (Å²) in [7, 11) is 0. The molecule has 2 atom stereocenters. The lowest BCUT2D eigenvalue weighted by atomic mass is 10.0. The Kier molecular flexibility index (Phi) is 4.64. The Balaban J connectivity index is 3.02. The fraction of sp³-hybridized carbons (Fsp3) is 0.900. The molecule has 2 unspecified atom stereocenters. The van der Waals surface area contributed by atoms with Crippen LogP contribution in [-0.2, 0) is 4.79 Å². The molecule has 1 fully saturated rings. The first-order chi connectivity index (χ1) is 8.50. The highest BCUT2D eigenvalue weighted by molar-refractivity contribution is 6.18. The number of halogens is 7. The van der Waals surface area contributed by atoms with Gasteiger partial charge >= 0.3 is 12.4 Å². The molecule has 9 heteroatoms. The predicted molar refractivity (Wildman–Crippen MR) is 55.6 cm³/mol. The van der Waals surface area contributed by atoms with E-state index in [1.54, 1.807) is 6.92 Å². The molecule has 0 spiro atoms. The molecule has 0 aromatic rings. The maximum Gasteiger partial charge on any atom is 0.409 e. The van der Waals surface area contributed by atoms with Crippen LogP contribution in [-0.4, -0.2) is 41.6 Å². The highest BCUT2D eigenvalue weighted by atomic mass is 35.5. The van der Waals surface area contributed by atoms with Crippen molar-refractivity contribution in [2.24, 2.45) is 11.8 Å². The van der Waals surface area contributed by atoms with Gasteiger partial charge in [0.1, 0.15) is 0 Å². The van der Waals surface area contributed by atoms with Crippen LogP contribution in [0.5, 0.6) is 0 Å². The van der Waals surface area contributed by atoms with Gasteiger partial charge in [-0.15, -0.1) is 11.6 Å². The number of hydrogen-bond acceptors (Lipinski definition) is 1. The van der Waals surface area contributed by atoms with Gasteiger partial charge in [-0.05, 0) is 12.3 Å². The summed E-state index contributed by atoms with van der Waals surface area (Å²) >= 11 is 5.52. The van der Waals surface area contributed by atoms with E-state index in [1.165, 1.54) is 0 Å². The van der Waals surface area contributed by atoms with Crippen molar-refractivity contribution in [1.82, 2.24) is 4.90 Å². The van der Waals surface area contributed by atoms with Crippen LogP contribution in [0.3, 0.4) is 0 Å². The molecule has 0 N–H and O–H groups in total. The Bertz CT molecular complexity index is 328. The minimum atomic E-state index is -5.65. The van der Waals surface area contributed by atoms with Crippen LogP contribution in [0, 0.1) is 11.8 Å². The van der Waals surface area contributed by atoms with Gasteiger partial charge in [-0.2, -0.15) is 26.3 Å². The molecule has 2 nitrogen and oxygen atoms in total. The number of amides is 1. The summed E-state index contributed by atoms with van der Waals surface area (Å²) in [5.41, 5.74) is 0. The monoisotopic (exact) mass is 311 g/mol. The summed E-state index contributed by atoms with van der Waals surface area (Å²) in [5.74, 6) is -6.34. The first kappa shape index (κ1) is 16.4. The summed E-state index contributed by atoms with van der Waals surface area (Å²) < 4.78 is 74.7. The Hall–Kier alpha value is -0.660. The van der Waals surface area contributed by atoms with Gasteiger partial charge in [-0.25, -0.2) is 0 Å². The van der Waals surface area contributed by atoms with Crippen molar-refractivity contribution in [3.8, 4) is 0 Å². The zero-order chi connectivity index (χ0) is 15.0. The van der Waals surface area contributed by atoms with E-state index < -0.39 is 30.2 Å². The maximum absolute atomic E-state index is 12.4. The van der Waals surface area contributed by atoms with Crippen molar-refractivity contribution in [3.63, 3.8) is 0 Å². The summed E-state index contributed by atoms with van der Waals surface area (Å²) in [5, 5.41) is 0. The van der Waals surface area contributed by atoms with Gasteiger partial charge in [0.25, 0.3) is 0 Å². The average Bonchev–Trinajstić information content (AvgIpc) is 2.54. The Morgan fingerprint density at radius 3 is 2.11 bits per heavy atom. The van der Waals surface area contributed by atoms with Crippen LogP contribution in [0.2, 0.25) is 0 Å². The van der Waals surface area contributed by atoms with Crippen LogP contribution in [0.4, 0.5) is 26.3 Å². The molecule has 0 aromatic carbocycles. The number of alkyl halides is 7. The first-order valence-corrected chi connectivity index (χ1v) is 6.03. The van der Waals surface area contributed by atoms with Crippen LogP contribution in [0.1, 0.15) is 13.3 Å². The SMILES string of the molecule is CC1CCN(C(=O)C(C(F)(F)F)C(F)(F)F)C1CCl. The smallest absolute Gasteiger partial charge is 0.337 e. The van der Waals surface area contributed by atoms with Crippen LogP contribution in [0.15, 0.2) is 0 Å². The molecule has 0 radical (unpaired) electrons. The second-order valence-corrected chi connectivity index (χ2v) is 4.84. The van der Waals surface area contributed by atoms with Gasteiger partial charge in [0, 0.05) is 18.5 Å². The molecule has 1 heterocycles. The topological polar surface area (TPSA) is 20.3 Å². The molecular weight excluding hydrogens is 300 g/mol. The Morgan fingerprint density at radius 2 is 1.74 bits per heavy atom. The van der Waals surface area contributed by atoms with Crippen LogP contribution < -0.4 is 0 Å². The number of hydrogen-bond donors (Lipinski definition) is 0. The Labute approximate surface area is 110 Å². The van der Waals surface area contributed by atoms with Gasteiger partial charge in [0.2, 0.25) is 11.8 Å². The van der Waals surface area contributed by atoms with E-state index in [-0.39, 0.29) is 18.3 Å². The van der Waals surface area contributed by atoms with Gasteiger partial charge in [0.05, 0.1) is 0 Å². The predicted octanol–water partition coefficient (Wildman–Crippen LogP) is 3.20. The molecular formula is C10H12ClF6NO. The highest BCUT2D eigenvalue weighted by Crippen LogP contribution is 2.42. The third-order valence-electron chi connectivity index (χ3n) is 3.23. The van der Waals surface area contributed by atoms with Gasteiger partial charge in [-0.1, -0.05) is 6.92 Å². The fourth-order valence-corrected chi connectivity index (χ4v) is 2.62. The molecule has 19 heavy (non-hydrogen) atoms. The zero-order valence-electron chi connectivity index (χ0n) is 9.85. The zero-order valence-corrected chi connectivity index (χ0v) is 10.6. The number of likely N-dealkylation sites (tertiary alicyclic amines) is 1. The van der Waals surface area contributed by atoms with Crippen molar-refractivity contribution in [2.45, 2.75) is 31.7 Å². The maximum atomic E-state index is 12.4. The second kappa shape index (κ2) is 5.38. The third kappa shape index (κ3) is 3.46. The average molecular weight is 312 g/mol. The van der Waals surface area contributed by atoms with E-state index in [2.05, 4.69) is 0 Å². The third-order valence-corrected chi connectivity index (χ3v) is 3.54. The Morgan fingerprint density at radius 1 is 1.26 bits per heavy atom. The normalized spacial score (nSPS) is 25.2. The van der Waals surface area contributed by atoms with Crippen molar-refractivity contribution in [3.05, 3.63) is 0 Å². The lowest BCUT2D eigenvalue weighted by molar-refractivity contribution is -0.277. The molecule has 1 rings (SSSR count). The summed E-state index contributed by atoms with van der Waals surface area (Å²) in [6.45, 7) is 1.50. The largest absolute Gasteiger partial charge is 0.409 e.